The van der Waals surface area contributed by atoms with E-state index in [1.54, 1.807) is 16.8 Å². The van der Waals surface area contributed by atoms with Crippen molar-refractivity contribution in [1.29, 1.82) is 0 Å². The number of hydrogen-bond donors (Lipinski definition) is 1. The van der Waals surface area contributed by atoms with Crippen LogP contribution in [-0.2, 0) is 25.5 Å². The number of esters is 1. The predicted octanol–water partition coefficient (Wildman–Crippen LogP) is 6.72. The molecule has 4 rings (SSSR count). The van der Waals surface area contributed by atoms with Gasteiger partial charge in [0.1, 0.15) is 11.4 Å². The lowest BCUT2D eigenvalue weighted by Gasteiger charge is -2.39. The molecule has 2 heterocycles. The molecule has 0 spiro atoms. The van der Waals surface area contributed by atoms with Crippen LogP contribution in [0.15, 0.2) is 60.7 Å². The van der Waals surface area contributed by atoms with Gasteiger partial charge in [-0.1, -0.05) is 50.3 Å². The summed E-state index contributed by atoms with van der Waals surface area (Å²) >= 11 is 0. The summed E-state index contributed by atoms with van der Waals surface area (Å²) in [5.41, 5.74) is 2.73. The molecule has 8 nitrogen and oxygen atoms in total. The van der Waals surface area contributed by atoms with E-state index in [2.05, 4.69) is 5.32 Å². The van der Waals surface area contributed by atoms with E-state index in [1.165, 1.54) is 12.1 Å². The summed E-state index contributed by atoms with van der Waals surface area (Å²) in [4.78, 5) is 26.0. The Kier molecular flexibility index (Phi) is 9.87. The van der Waals surface area contributed by atoms with Crippen molar-refractivity contribution in [3.8, 4) is 5.69 Å². The van der Waals surface area contributed by atoms with E-state index in [4.69, 9.17) is 19.3 Å². The average molecular weight is 592 g/mol. The highest BCUT2D eigenvalue weighted by Gasteiger charge is 2.36. The second-order valence-electron chi connectivity index (χ2n) is 12.5. The fourth-order valence-corrected chi connectivity index (χ4v) is 5.14. The Labute approximate surface area is 253 Å². The van der Waals surface area contributed by atoms with Gasteiger partial charge in [0.05, 0.1) is 30.0 Å². The lowest BCUT2D eigenvalue weighted by Crippen LogP contribution is -2.45. The standard InChI is InChI=1S/C34H42FN3O5/c1-22(2)30-28(18-17-26-19-27(42-34(6,7)41-26)20-29(39)43-33(3,4)5)38(25-15-13-24(35)14-16-25)37-31(30)32(40)36-21-23-11-9-8-10-12-23/h8-18,22,26-27H,19-21H2,1-7H3,(H,36,40)/t26-,27-/m1/s1. The molecule has 2 atom stereocenters. The Balaban J connectivity index is 1.66. The first kappa shape index (κ1) is 32.1. The molecule has 1 aliphatic rings. The first-order chi connectivity index (χ1) is 20.2. The maximum atomic E-state index is 13.8. The minimum atomic E-state index is -0.930. The van der Waals surface area contributed by atoms with Gasteiger partial charge in [-0.05, 0) is 76.4 Å². The Morgan fingerprint density at radius 2 is 1.79 bits per heavy atom. The largest absolute Gasteiger partial charge is 0.460 e. The maximum Gasteiger partial charge on any atom is 0.308 e. The number of aromatic nitrogens is 2. The molecular formula is C34H42FN3O5. The lowest BCUT2D eigenvalue weighted by molar-refractivity contribution is -0.290. The zero-order chi connectivity index (χ0) is 31.4. The highest BCUT2D eigenvalue weighted by Crippen LogP contribution is 2.32. The van der Waals surface area contributed by atoms with Crippen molar-refractivity contribution in [3.63, 3.8) is 0 Å². The second-order valence-corrected chi connectivity index (χ2v) is 12.5. The van der Waals surface area contributed by atoms with Crippen molar-refractivity contribution >= 4 is 18.0 Å². The molecule has 0 bridgehead atoms. The van der Waals surface area contributed by atoms with Crippen molar-refractivity contribution in [1.82, 2.24) is 15.1 Å². The molecule has 43 heavy (non-hydrogen) atoms. The maximum absolute atomic E-state index is 13.8. The van der Waals surface area contributed by atoms with Gasteiger partial charge in [-0.25, -0.2) is 9.07 Å². The smallest absolute Gasteiger partial charge is 0.308 e. The van der Waals surface area contributed by atoms with Crippen molar-refractivity contribution in [3.05, 3.63) is 89.0 Å². The molecule has 0 saturated carbocycles. The summed E-state index contributed by atoms with van der Waals surface area (Å²) in [6.45, 7) is 13.5. The van der Waals surface area contributed by atoms with Crippen LogP contribution >= 0.6 is 0 Å². The molecule has 1 fully saturated rings. The van der Waals surface area contributed by atoms with Gasteiger partial charge in [0.25, 0.3) is 5.91 Å². The van der Waals surface area contributed by atoms with Crippen LogP contribution in [0.5, 0.6) is 0 Å². The van der Waals surface area contributed by atoms with Crippen LogP contribution in [0, 0.1) is 5.82 Å². The third-order valence-electron chi connectivity index (χ3n) is 6.78. The normalized spacial score (nSPS) is 18.6. The van der Waals surface area contributed by atoms with Crippen molar-refractivity contribution in [2.24, 2.45) is 0 Å². The van der Waals surface area contributed by atoms with Gasteiger partial charge < -0.3 is 19.5 Å². The first-order valence-electron chi connectivity index (χ1n) is 14.7. The van der Waals surface area contributed by atoms with Gasteiger partial charge in [0.15, 0.2) is 11.5 Å². The van der Waals surface area contributed by atoms with Gasteiger partial charge in [0.2, 0.25) is 0 Å². The molecule has 0 unspecified atom stereocenters. The van der Waals surface area contributed by atoms with E-state index in [0.29, 0.717) is 30.0 Å². The van der Waals surface area contributed by atoms with Crippen LogP contribution in [0.4, 0.5) is 4.39 Å². The third kappa shape index (κ3) is 8.84. The number of hydrogen-bond acceptors (Lipinski definition) is 6. The summed E-state index contributed by atoms with van der Waals surface area (Å²) in [7, 11) is 0. The van der Waals surface area contributed by atoms with Gasteiger partial charge in [-0.3, -0.25) is 9.59 Å². The Morgan fingerprint density at radius 1 is 1.12 bits per heavy atom. The summed E-state index contributed by atoms with van der Waals surface area (Å²) in [5.74, 6) is -1.99. The van der Waals surface area contributed by atoms with Crippen LogP contribution in [-0.4, -0.2) is 45.3 Å². The molecule has 3 aromatic rings. The van der Waals surface area contributed by atoms with Gasteiger partial charge in [-0.2, -0.15) is 5.10 Å². The minimum absolute atomic E-state index is 0.0571. The number of carbonyl (C=O) groups is 2. The Hall–Kier alpha value is -3.82. The molecule has 1 N–H and O–H groups in total. The molecular weight excluding hydrogens is 549 g/mol. The number of benzene rings is 2. The molecule has 2 aromatic carbocycles. The van der Waals surface area contributed by atoms with Crippen LogP contribution in [0.2, 0.25) is 0 Å². The fraction of sp³-hybridized carbons (Fsp3) is 0.441. The van der Waals surface area contributed by atoms with Gasteiger partial charge >= 0.3 is 5.97 Å². The van der Waals surface area contributed by atoms with E-state index in [0.717, 1.165) is 11.1 Å². The number of carbonyl (C=O) groups excluding carboxylic acids is 2. The topological polar surface area (TPSA) is 91.7 Å². The molecule has 1 aliphatic heterocycles. The predicted molar refractivity (Wildman–Crippen MR) is 163 cm³/mol. The molecule has 0 aliphatic carbocycles. The third-order valence-corrected chi connectivity index (χ3v) is 6.78. The van der Waals surface area contributed by atoms with Crippen molar-refractivity contribution in [2.75, 3.05) is 0 Å². The van der Waals surface area contributed by atoms with Crippen LogP contribution in [0.25, 0.3) is 11.8 Å². The summed E-state index contributed by atoms with van der Waals surface area (Å²) in [6, 6.07) is 15.6. The zero-order valence-electron chi connectivity index (χ0n) is 26.0. The van der Waals surface area contributed by atoms with E-state index >= 15 is 0 Å². The fourth-order valence-electron chi connectivity index (χ4n) is 5.14. The molecule has 0 radical (unpaired) electrons. The quantitative estimate of drug-likeness (QED) is 0.278. The number of rotatable bonds is 9. The lowest BCUT2D eigenvalue weighted by atomic mass is 9.98. The van der Waals surface area contributed by atoms with Gasteiger partial charge in [0, 0.05) is 18.5 Å². The molecule has 9 heteroatoms. The summed E-state index contributed by atoms with van der Waals surface area (Å²) in [5, 5.41) is 7.71. The number of halogens is 1. The summed E-state index contributed by atoms with van der Waals surface area (Å²) in [6.07, 6.45) is 3.54. The average Bonchev–Trinajstić information content (AvgIpc) is 3.29. The van der Waals surface area contributed by atoms with Crippen molar-refractivity contribution < 1.29 is 28.2 Å². The van der Waals surface area contributed by atoms with E-state index < -0.39 is 17.5 Å². The number of nitrogens with zero attached hydrogens (tertiary/aromatic N) is 2. The van der Waals surface area contributed by atoms with E-state index in [9.17, 15) is 14.0 Å². The zero-order valence-corrected chi connectivity index (χ0v) is 26.0. The molecule has 1 amide bonds. The minimum Gasteiger partial charge on any atom is -0.460 e. The monoisotopic (exact) mass is 591 g/mol. The van der Waals surface area contributed by atoms with Crippen LogP contribution in [0.1, 0.15) is 94.5 Å². The number of amides is 1. The Bertz CT molecular complexity index is 1440. The van der Waals surface area contributed by atoms with E-state index in [-0.39, 0.29) is 36.1 Å². The second kappa shape index (κ2) is 13.2. The van der Waals surface area contributed by atoms with E-state index in [1.807, 2.05) is 91.0 Å². The summed E-state index contributed by atoms with van der Waals surface area (Å²) < 4.78 is 33.2. The SMILES string of the molecule is CC(C)c1c(C(=O)NCc2ccccc2)nn(-c2ccc(F)cc2)c1C=C[C@@H]1C[C@H](CC(=O)OC(C)(C)C)OC(C)(C)O1. The highest BCUT2D eigenvalue weighted by molar-refractivity contribution is 5.95. The molecule has 1 saturated heterocycles. The number of ether oxygens (including phenoxy) is 3. The molecule has 1 aromatic heterocycles. The number of nitrogens with one attached hydrogen (secondary N) is 1. The van der Waals surface area contributed by atoms with Gasteiger partial charge in [-0.15, -0.1) is 0 Å². The Morgan fingerprint density at radius 3 is 2.42 bits per heavy atom. The van der Waals surface area contributed by atoms with Crippen LogP contribution in [0.3, 0.4) is 0 Å². The van der Waals surface area contributed by atoms with Crippen molar-refractivity contribution in [2.45, 2.75) is 97.4 Å². The molecule has 230 valence electrons. The first-order valence-corrected chi connectivity index (χ1v) is 14.7. The van der Waals surface area contributed by atoms with Crippen LogP contribution < -0.4 is 5.32 Å². The highest BCUT2D eigenvalue weighted by atomic mass is 19.1.